The number of rotatable bonds is 7. The highest BCUT2D eigenvalue weighted by Gasteiger charge is 2.52. The van der Waals surface area contributed by atoms with Gasteiger partial charge >= 0.3 is 0 Å². The lowest BCUT2D eigenvalue weighted by atomic mass is 9.48. The molecule has 160 valence electrons. The first-order valence-corrected chi connectivity index (χ1v) is 12.2. The zero-order valence-electron chi connectivity index (χ0n) is 17.7. The van der Waals surface area contributed by atoms with Gasteiger partial charge < -0.3 is 10.1 Å². The molecule has 30 heavy (non-hydrogen) atoms. The molecule has 2 aromatic carbocycles. The minimum absolute atomic E-state index is 0.218. The largest absolute Gasteiger partial charge is 0.488 e. The van der Waals surface area contributed by atoms with E-state index in [0.29, 0.717) is 17.0 Å². The summed E-state index contributed by atoms with van der Waals surface area (Å²) in [5, 5.41) is 3.86. The summed E-state index contributed by atoms with van der Waals surface area (Å²) >= 11 is 3.60. The average molecular weight is 472 g/mol. The molecule has 4 aliphatic rings. The Balaban J connectivity index is 1.27. The van der Waals surface area contributed by atoms with Gasteiger partial charge in [-0.25, -0.2) is 4.39 Å². The fourth-order valence-electron chi connectivity index (χ4n) is 6.79. The van der Waals surface area contributed by atoms with Gasteiger partial charge in [0.1, 0.15) is 18.2 Å². The Kier molecular flexibility index (Phi) is 5.66. The Morgan fingerprint density at radius 1 is 1.03 bits per heavy atom. The van der Waals surface area contributed by atoms with Crippen LogP contribution in [-0.2, 0) is 13.2 Å². The molecule has 4 saturated carbocycles. The maximum Gasteiger partial charge on any atom is 0.129 e. The van der Waals surface area contributed by atoms with E-state index >= 15 is 0 Å². The minimum atomic E-state index is -0.218. The molecule has 0 radical (unpaired) electrons. The lowest BCUT2D eigenvalue weighted by Crippen LogP contribution is -2.54. The highest BCUT2D eigenvalue weighted by molar-refractivity contribution is 9.10. The fraction of sp³-hybridized carbons (Fsp3) is 0.538. The molecule has 0 saturated heterocycles. The third-order valence-corrected chi connectivity index (χ3v) is 8.46. The predicted octanol–water partition coefficient (Wildman–Crippen LogP) is 6.86. The highest BCUT2D eigenvalue weighted by atomic mass is 79.9. The number of hydrogen-bond donors (Lipinski definition) is 1. The van der Waals surface area contributed by atoms with Gasteiger partial charge in [-0.15, -0.1) is 0 Å². The van der Waals surface area contributed by atoms with Gasteiger partial charge in [0.2, 0.25) is 0 Å². The van der Waals surface area contributed by atoms with Gasteiger partial charge in [-0.05, 0) is 92.9 Å². The first-order valence-electron chi connectivity index (χ1n) is 11.4. The molecule has 2 aromatic rings. The summed E-state index contributed by atoms with van der Waals surface area (Å²) in [7, 11) is 0. The van der Waals surface area contributed by atoms with E-state index in [1.807, 2.05) is 18.2 Å². The zero-order valence-corrected chi connectivity index (χ0v) is 19.3. The van der Waals surface area contributed by atoms with Crippen molar-refractivity contribution in [2.75, 3.05) is 0 Å². The Bertz CT molecular complexity index is 878. The smallest absolute Gasteiger partial charge is 0.129 e. The van der Waals surface area contributed by atoms with E-state index < -0.39 is 0 Å². The quantitative estimate of drug-likeness (QED) is 0.475. The summed E-state index contributed by atoms with van der Waals surface area (Å²) in [4.78, 5) is 0. The van der Waals surface area contributed by atoms with Gasteiger partial charge in [0.25, 0.3) is 0 Å². The monoisotopic (exact) mass is 471 g/mol. The molecule has 0 aliphatic heterocycles. The molecule has 0 aromatic heterocycles. The van der Waals surface area contributed by atoms with Crippen molar-refractivity contribution >= 4 is 15.9 Å². The summed E-state index contributed by atoms with van der Waals surface area (Å²) in [5.41, 5.74) is 2.19. The molecule has 0 spiro atoms. The molecule has 4 fully saturated rings. The summed E-state index contributed by atoms with van der Waals surface area (Å²) in [6.45, 7) is 3.41. The standard InChI is InChI=1S/C26H31BrFNO/c1-17(26-12-18-8-19(13-26)10-20(9-18)14-26)29-15-22-11-23(27)6-7-25(22)30-16-21-4-2-3-5-24(21)28/h2-7,11,17-20,29H,8-10,12-16H2,1H3/t17-,18?,19?,20?,26?/m1/s1. The lowest BCUT2D eigenvalue weighted by Gasteiger charge is -2.59. The van der Waals surface area contributed by atoms with Gasteiger partial charge in [0.05, 0.1) is 0 Å². The van der Waals surface area contributed by atoms with E-state index in [2.05, 4.69) is 34.2 Å². The van der Waals surface area contributed by atoms with Crippen molar-refractivity contribution in [1.29, 1.82) is 0 Å². The van der Waals surface area contributed by atoms with Crippen LogP contribution in [0.2, 0.25) is 0 Å². The van der Waals surface area contributed by atoms with Crippen molar-refractivity contribution in [2.24, 2.45) is 23.2 Å². The minimum Gasteiger partial charge on any atom is -0.488 e. The van der Waals surface area contributed by atoms with Gasteiger partial charge in [-0.1, -0.05) is 34.1 Å². The Hall–Kier alpha value is -1.39. The van der Waals surface area contributed by atoms with Gasteiger partial charge in [0.15, 0.2) is 0 Å². The van der Waals surface area contributed by atoms with E-state index in [4.69, 9.17) is 4.74 Å². The number of halogens is 2. The van der Waals surface area contributed by atoms with Crippen molar-refractivity contribution in [3.63, 3.8) is 0 Å². The van der Waals surface area contributed by atoms with Crippen molar-refractivity contribution in [1.82, 2.24) is 5.32 Å². The third-order valence-electron chi connectivity index (χ3n) is 7.97. The van der Waals surface area contributed by atoms with E-state index in [9.17, 15) is 4.39 Å². The van der Waals surface area contributed by atoms with Gasteiger partial charge in [-0.3, -0.25) is 0 Å². The molecule has 4 bridgehead atoms. The third kappa shape index (κ3) is 4.05. The Morgan fingerprint density at radius 2 is 1.70 bits per heavy atom. The molecular weight excluding hydrogens is 441 g/mol. The van der Waals surface area contributed by atoms with E-state index in [0.717, 1.165) is 40.1 Å². The molecule has 0 heterocycles. The first-order chi connectivity index (χ1) is 14.5. The van der Waals surface area contributed by atoms with Crippen molar-refractivity contribution in [2.45, 2.75) is 64.6 Å². The second-order valence-corrected chi connectivity index (χ2v) is 10.9. The first kappa shape index (κ1) is 20.5. The number of benzene rings is 2. The van der Waals surface area contributed by atoms with Crippen LogP contribution in [0.15, 0.2) is 46.9 Å². The lowest BCUT2D eigenvalue weighted by molar-refractivity contribution is -0.0706. The molecular formula is C26H31BrFNO. The van der Waals surface area contributed by atoms with Crippen LogP contribution < -0.4 is 10.1 Å². The van der Waals surface area contributed by atoms with E-state index in [1.54, 1.807) is 12.1 Å². The second-order valence-electron chi connectivity index (χ2n) is 10.0. The average Bonchev–Trinajstić information content (AvgIpc) is 2.71. The predicted molar refractivity (Wildman–Crippen MR) is 122 cm³/mol. The summed E-state index contributed by atoms with van der Waals surface area (Å²) in [5.74, 6) is 3.50. The summed E-state index contributed by atoms with van der Waals surface area (Å²) < 4.78 is 21.1. The van der Waals surface area contributed by atoms with Crippen molar-refractivity contribution in [3.05, 3.63) is 63.9 Å². The van der Waals surface area contributed by atoms with Gasteiger partial charge in [-0.2, -0.15) is 0 Å². The molecule has 6 rings (SSSR count). The molecule has 1 N–H and O–H groups in total. The number of hydrogen-bond acceptors (Lipinski definition) is 2. The Morgan fingerprint density at radius 3 is 2.37 bits per heavy atom. The van der Waals surface area contributed by atoms with Crippen LogP contribution in [0.3, 0.4) is 0 Å². The molecule has 0 unspecified atom stereocenters. The maximum absolute atomic E-state index is 14.0. The Labute approximate surface area is 187 Å². The van der Waals surface area contributed by atoms with Crippen LogP contribution in [0, 0.1) is 29.0 Å². The van der Waals surface area contributed by atoms with Crippen LogP contribution in [-0.4, -0.2) is 6.04 Å². The van der Waals surface area contributed by atoms with Crippen LogP contribution in [0.5, 0.6) is 5.75 Å². The van der Waals surface area contributed by atoms with Crippen LogP contribution in [0.1, 0.15) is 56.6 Å². The van der Waals surface area contributed by atoms with Gasteiger partial charge in [0, 0.05) is 28.2 Å². The maximum atomic E-state index is 14.0. The molecule has 0 amide bonds. The highest BCUT2D eigenvalue weighted by Crippen LogP contribution is 2.61. The number of ether oxygens (including phenoxy) is 1. The van der Waals surface area contributed by atoms with E-state index in [-0.39, 0.29) is 12.4 Å². The van der Waals surface area contributed by atoms with Crippen molar-refractivity contribution in [3.8, 4) is 5.75 Å². The fourth-order valence-corrected chi connectivity index (χ4v) is 7.19. The van der Waals surface area contributed by atoms with Crippen LogP contribution in [0.25, 0.3) is 0 Å². The normalized spacial score (nSPS) is 30.4. The second kappa shape index (κ2) is 8.27. The van der Waals surface area contributed by atoms with E-state index in [1.165, 1.54) is 44.6 Å². The summed E-state index contributed by atoms with van der Waals surface area (Å²) in [6.07, 6.45) is 8.65. The summed E-state index contributed by atoms with van der Waals surface area (Å²) in [6, 6.07) is 13.4. The van der Waals surface area contributed by atoms with Crippen LogP contribution in [0.4, 0.5) is 4.39 Å². The molecule has 1 atom stereocenters. The SMILES string of the molecule is C[C@@H](NCc1cc(Br)ccc1OCc1ccccc1F)C12CC3CC(CC(C3)C1)C2. The molecule has 4 aliphatic carbocycles. The molecule has 2 nitrogen and oxygen atoms in total. The zero-order chi connectivity index (χ0) is 20.7. The molecule has 4 heteroatoms. The van der Waals surface area contributed by atoms with Crippen molar-refractivity contribution < 1.29 is 9.13 Å². The number of nitrogens with one attached hydrogen (secondary N) is 1. The van der Waals surface area contributed by atoms with Crippen LogP contribution >= 0.6 is 15.9 Å². The topological polar surface area (TPSA) is 21.3 Å².